The fraction of sp³-hybridized carbons (Fsp3) is 0.615. The molecule has 1 fully saturated rings. The van der Waals surface area contributed by atoms with Crippen molar-refractivity contribution < 1.29 is 0 Å². The van der Waals surface area contributed by atoms with Crippen LogP contribution in [0.25, 0.3) is 0 Å². The highest BCUT2D eigenvalue weighted by molar-refractivity contribution is 7.99. The Hall–Kier alpha value is -0.700. The molecule has 1 aromatic heterocycles. The van der Waals surface area contributed by atoms with E-state index in [-0.39, 0.29) is 0 Å². The normalized spacial score (nSPS) is 25.4. The molecular formula is C13H20N2S. The molecule has 0 aromatic carbocycles. The summed E-state index contributed by atoms with van der Waals surface area (Å²) in [7, 11) is 0. The summed E-state index contributed by atoms with van der Waals surface area (Å²) in [5.74, 6) is 1.03. The van der Waals surface area contributed by atoms with E-state index in [1.165, 1.54) is 31.2 Å². The van der Waals surface area contributed by atoms with Crippen molar-refractivity contribution in [1.29, 1.82) is 0 Å². The lowest BCUT2D eigenvalue weighted by molar-refractivity contribution is 0.473. The van der Waals surface area contributed by atoms with E-state index in [0.29, 0.717) is 6.04 Å². The Labute approximate surface area is 102 Å². The molecule has 88 valence electrons. The van der Waals surface area contributed by atoms with Crippen molar-refractivity contribution in [2.45, 2.75) is 43.9 Å². The number of nitrogens with zero attached hydrogens (tertiary/aromatic N) is 1. The van der Waals surface area contributed by atoms with Crippen LogP contribution in [0.15, 0.2) is 18.3 Å². The van der Waals surface area contributed by atoms with Crippen LogP contribution < -0.4 is 5.32 Å². The molecular weight excluding hydrogens is 216 g/mol. The van der Waals surface area contributed by atoms with Crippen LogP contribution >= 0.6 is 11.8 Å². The lowest BCUT2D eigenvalue weighted by Gasteiger charge is -2.29. The summed E-state index contributed by atoms with van der Waals surface area (Å²) < 4.78 is 0. The Bertz CT molecular complexity index is 340. The Morgan fingerprint density at radius 2 is 2.31 bits per heavy atom. The molecule has 2 unspecified atom stereocenters. The van der Waals surface area contributed by atoms with Crippen molar-refractivity contribution in [2.24, 2.45) is 0 Å². The molecule has 0 saturated heterocycles. The van der Waals surface area contributed by atoms with Gasteiger partial charge in [0.25, 0.3) is 0 Å². The molecule has 1 heterocycles. The maximum absolute atomic E-state index is 4.37. The molecule has 1 aliphatic carbocycles. The monoisotopic (exact) mass is 236 g/mol. The van der Waals surface area contributed by atoms with Crippen LogP contribution in [0.1, 0.15) is 31.2 Å². The first-order valence-corrected chi connectivity index (χ1v) is 7.28. The van der Waals surface area contributed by atoms with Gasteiger partial charge in [0.1, 0.15) is 5.82 Å². The number of hydrogen-bond acceptors (Lipinski definition) is 3. The van der Waals surface area contributed by atoms with Gasteiger partial charge < -0.3 is 5.32 Å². The Balaban J connectivity index is 1.94. The summed E-state index contributed by atoms with van der Waals surface area (Å²) in [4.78, 5) is 4.37. The highest BCUT2D eigenvalue weighted by atomic mass is 32.2. The maximum atomic E-state index is 4.37. The van der Waals surface area contributed by atoms with Gasteiger partial charge in [0.2, 0.25) is 0 Å². The largest absolute Gasteiger partial charge is 0.367 e. The third-order valence-corrected chi connectivity index (χ3v) is 4.32. The Morgan fingerprint density at radius 1 is 1.44 bits per heavy atom. The van der Waals surface area contributed by atoms with Gasteiger partial charge in [-0.05, 0) is 50.1 Å². The molecule has 0 radical (unpaired) electrons. The fourth-order valence-electron chi connectivity index (χ4n) is 2.31. The van der Waals surface area contributed by atoms with Gasteiger partial charge >= 0.3 is 0 Å². The average Bonchev–Trinajstić information content (AvgIpc) is 2.29. The molecule has 1 aliphatic rings. The van der Waals surface area contributed by atoms with Crippen LogP contribution in [-0.2, 0) is 0 Å². The number of rotatable bonds is 3. The summed E-state index contributed by atoms with van der Waals surface area (Å²) in [6, 6.07) is 4.78. The van der Waals surface area contributed by atoms with Gasteiger partial charge in [0, 0.05) is 17.5 Å². The fourth-order valence-corrected chi connectivity index (χ4v) is 3.14. The summed E-state index contributed by atoms with van der Waals surface area (Å²) in [5, 5.41) is 4.39. The second-order valence-electron chi connectivity index (χ2n) is 4.58. The third-order valence-electron chi connectivity index (χ3n) is 3.23. The average molecular weight is 236 g/mol. The predicted octanol–water partition coefficient (Wildman–Crippen LogP) is 3.48. The number of aryl methyl sites for hydroxylation is 1. The standard InChI is InChI=1S/C13H20N2S/c1-10-6-7-14-13(8-10)15-11-4-3-5-12(9-11)16-2/h6-8,11-12H,3-5,9H2,1-2H3,(H,14,15). The molecule has 2 nitrogen and oxygen atoms in total. The van der Waals surface area contributed by atoms with Crippen LogP contribution in [-0.4, -0.2) is 22.5 Å². The topological polar surface area (TPSA) is 24.9 Å². The van der Waals surface area contributed by atoms with E-state index in [4.69, 9.17) is 0 Å². The first-order chi connectivity index (χ1) is 7.78. The molecule has 1 N–H and O–H groups in total. The van der Waals surface area contributed by atoms with Crippen LogP contribution in [0.2, 0.25) is 0 Å². The van der Waals surface area contributed by atoms with Crippen molar-refractivity contribution in [1.82, 2.24) is 4.98 Å². The van der Waals surface area contributed by atoms with E-state index >= 15 is 0 Å². The van der Waals surface area contributed by atoms with Gasteiger partial charge in [-0.3, -0.25) is 0 Å². The molecule has 2 atom stereocenters. The van der Waals surface area contributed by atoms with E-state index in [2.05, 4.69) is 29.5 Å². The van der Waals surface area contributed by atoms with Gasteiger partial charge in [-0.25, -0.2) is 4.98 Å². The van der Waals surface area contributed by atoms with Crippen LogP contribution in [0, 0.1) is 6.92 Å². The second-order valence-corrected chi connectivity index (χ2v) is 5.72. The van der Waals surface area contributed by atoms with Crippen molar-refractivity contribution in [2.75, 3.05) is 11.6 Å². The van der Waals surface area contributed by atoms with Crippen LogP contribution in [0.3, 0.4) is 0 Å². The lowest BCUT2D eigenvalue weighted by atomic mass is 9.95. The molecule has 0 bridgehead atoms. The highest BCUT2D eigenvalue weighted by Gasteiger charge is 2.21. The van der Waals surface area contributed by atoms with E-state index in [1.807, 2.05) is 24.0 Å². The molecule has 0 aliphatic heterocycles. The van der Waals surface area contributed by atoms with E-state index < -0.39 is 0 Å². The lowest BCUT2D eigenvalue weighted by Crippen LogP contribution is -2.28. The van der Waals surface area contributed by atoms with Gasteiger partial charge in [0.05, 0.1) is 0 Å². The minimum absolute atomic E-state index is 0.612. The summed E-state index contributed by atoms with van der Waals surface area (Å²) >= 11 is 2.00. The van der Waals surface area contributed by atoms with Crippen LogP contribution in [0.4, 0.5) is 5.82 Å². The van der Waals surface area contributed by atoms with E-state index in [1.54, 1.807) is 0 Å². The quantitative estimate of drug-likeness (QED) is 0.869. The molecule has 3 heteroatoms. The summed E-state index contributed by atoms with van der Waals surface area (Å²) in [6.07, 6.45) is 9.38. The first-order valence-electron chi connectivity index (χ1n) is 6.00. The van der Waals surface area contributed by atoms with Crippen molar-refractivity contribution >= 4 is 17.6 Å². The number of pyridine rings is 1. The summed E-state index contributed by atoms with van der Waals surface area (Å²) in [5.41, 5.74) is 1.27. The number of hydrogen-bond donors (Lipinski definition) is 1. The van der Waals surface area contributed by atoms with Gasteiger partial charge in [-0.1, -0.05) is 6.42 Å². The van der Waals surface area contributed by atoms with Gasteiger partial charge in [0.15, 0.2) is 0 Å². The van der Waals surface area contributed by atoms with Crippen molar-refractivity contribution in [3.05, 3.63) is 23.9 Å². The smallest absolute Gasteiger partial charge is 0.126 e. The number of anilines is 1. The molecule has 1 aromatic rings. The van der Waals surface area contributed by atoms with E-state index in [9.17, 15) is 0 Å². The third kappa shape index (κ3) is 3.14. The zero-order chi connectivity index (χ0) is 11.4. The Kier molecular flexibility index (Phi) is 4.10. The summed E-state index contributed by atoms with van der Waals surface area (Å²) in [6.45, 7) is 2.11. The van der Waals surface area contributed by atoms with Gasteiger partial charge in [-0.2, -0.15) is 11.8 Å². The number of aromatic nitrogens is 1. The number of thioether (sulfide) groups is 1. The zero-order valence-electron chi connectivity index (χ0n) is 10.1. The van der Waals surface area contributed by atoms with Crippen molar-refractivity contribution in [3.8, 4) is 0 Å². The minimum atomic E-state index is 0.612. The maximum Gasteiger partial charge on any atom is 0.126 e. The van der Waals surface area contributed by atoms with Gasteiger partial charge in [-0.15, -0.1) is 0 Å². The van der Waals surface area contributed by atoms with Crippen LogP contribution in [0.5, 0.6) is 0 Å². The molecule has 2 rings (SSSR count). The number of nitrogens with one attached hydrogen (secondary N) is 1. The predicted molar refractivity (Wildman–Crippen MR) is 72.2 cm³/mol. The molecule has 16 heavy (non-hydrogen) atoms. The highest BCUT2D eigenvalue weighted by Crippen LogP contribution is 2.28. The van der Waals surface area contributed by atoms with E-state index in [0.717, 1.165) is 11.1 Å². The zero-order valence-corrected chi connectivity index (χ0v) is 10.9. The SMILES string of the molecule is CSC1CCCC(Nc2cc(C)ccn2)C1. The molecule has 1 saturated carbocycles. The minimum Gasteiger partial charge on any atom is -0.367 e. The first kappa shape index (κ1) is 11.8. The molecule has 0 spiro atoms. The molecule has 0 amide bonds. The second kappa shape index (κ2) is 5.58. The van der Waals surface area contributed by atoms with Crippen molar-refractivity contribution in [3.63, 3.8) is 0 Å². The Morgan fingerprint density at radius 3 is 3.06 bits per heavy atom.